The maximum absolute atomic E-state index is 9.75. The fourth-order valence-electron chi connectivity index (χ4n) is 4.87. The van der Waals surface area contributed by atoms with Gasteiger partial charge in [-0.1, -0.05) is 25.6 Å². The van der Waals surface area contributed by atoms with Crippen molar-refractivity contribution in [1.29, 1.82) is 0 Å². The number of nitrogens with zero attached hydrogens (tertiary/aromatic N) is 1. The molecule has 0 amide bonds. The molecule has 2 aromatic rings. The van der Waals surface area contributed by atoms with Gasteiger partial charge in [0, 0.05) is 41.7 Å². The number of aromatic amines is 1. The van der Waals surface area contributed by atoms with Gasteiger partial charge < -0.3 is 10.1 Å². The van der Waals surface area contributed by atoms with E-state index in [1.165, 1.54) is 34.1 Å². The second kappa shape index (κ2) is 5.81. The lowest BCUT2D eigenvalue weighted by atomic mass is 9.72. The number of aliphatic hydroxyl groups is 1. The molecule has 1 saturated heterocycles. The number of rotatable bonds is 4. The van der Waals surface area contributed by atoms with Gasteiger partial charge >= 0.3 is 0 Å². The van der Waals surface area contributed by atoms with E-state index in [1.807, 2.05) is 6.08 Å². The molecule has 1 fully saturated rings. The average Bonchev–Trinajstić information content (AvgIpc) is 2.95. The van der Waals surface area contributed by atoms with E-state index >= 15 is 0 Å². The summed E-state index contributed by atoms with van der Waals surface area (Å²) in [5.74, 6) is 0.939. The van der Waals surface area contributed by atoms with Crippen molar-refractivity contribution in [2.24, 2.45) is 5.92 Å². The van der Waals surface area contributed by atoms with Crippen molar-refractivity contribution in [3.05, 3.63) is 41.6 Å². The van der Waals surface area contributed by atoms with Gasteiger partial charge in [-0.2, -0.15) is 0 Å². The third-order valence-corrected chi connectivity index (χ3v) is 5.79. The predicted molar refractivity (Wildman–Crippen MR) is 95.7 cm³/mol. The van der Waals surface area contributed by atoms with Crippen LogP contribution >= 0.6 is 0 Å². The quantitative estimate of drug-likeness (QED) is 0.906. The van der Waals surface area contributed by atoms with E-state index in [-0.39, 0.29) is 0 Å². The zero-order valence-electron chi connectivity index (χ0n) is 13.9. The van der Waals surface area contributed by atoms with Crippen LogP contribution in [-0.2, 0) is 6.42 Å². The first-order chi connectivity index (χ1) is 11.3. The number of nitrogens with one attached hydrogen (secondary N) is 1. The molecule has 3 heteroatoms. The monoisotopic (exact) mass is 310 g/mol. The first-order valence-electron chi connectivity index (χ1n) is 8.87. The molecule has 2 N–H and O–H groups in total. The first kappa shape index (κ1) is 15.0. The molecule has 1 aromatic heterocycles. The molecule has 3 nitrogen and oxygen atoms in total. The van der Waals surface area contributed by atoms with E-state index in [1.54, 1.807) is 0 Å². The highest BCUT2D eigenvalue weighted by Crippen LogP contribution is 2.45. The van der Waals surface area contributed by atoms with Gasteiger partial charge in [0.15, 0.2) is 0 Å². The molecule has 1 aromatic carbocycles. The van der Waals surface area contributed by atoms with Gasteiger partial charge in [-0.25, -0.2) is 0 Å². The van der Waals surface area contributed by atoms with Gasteiger partial charge in [-0.3, -0.25) is 4.90 Å². The summed E-state index contributed by atoms with van der Waals surface area (Å²) in [6.45, 7) is 8.70. The van der Waals surface area contributed by atoms with Gasteiger partial charge in [-0.05, 0) is 55.0 Å². The van der Waals surface area contributed by atoms with Crippen LogP contribution in [-0.4, -0.2) is 40.7 Å². The molecule has 2 aliphatic rings. The Labute approximate surface area is 138 Å². The third-order valence-electron chi connectivity index (χ3n) is 5.79. The lowest BCUT2D eigenvalue weighted by molar-refractivity contribution is 0.0571. The number of benzene rings is 1. The Balaban J connectivity index is 1.85. The number of likely N-dealkylation sites (tertiary alicyclic amines) is 1. The van der Waals surface area contributed by atoms with Crippen LogP contribution in [0.3, 0.4) is 0 Å². The Morgan fingerprint density at radius 1 is 1.43 bits per heavy atom. The van der Waals surface area contributed by atoms with Crippen LogP contribution in [0.15, 0.2) is 24.8 Å². The Hall–Kier alpha value is -1.58. The van der Waals surface area contributed by atoms with E-state index in [0.717, 1.165) is 25.9 Å². The number of H-pyrrole nitrogens is 1. The van der Waals surface area contributed by atoms with Crippen molar-refractivity contribution in [3.8, 4) is 0 Å². The molecule has 1 aliphatic heterocycles. The van der Waals surface area contributed by atoms with Gasteiger partial charge in [-0.15, -0.1) is 0 Å². The minimum absolute atomic E-state index is 0.303. The zero-order valence-corrected chi connectivity index (χ0v) is 13.9. The van der Waals surface area contributed by atoms with Crippen LogP contribution in [0.4, 0.5) is 0 Å². The van der Waals surface area contributed by atoms with Gasteiger partial charge in [0.25, 0.3) is 0 Å². The molecule has 0 unspecified atom stereocenters. The van der Waals surface area contributed by atoms with Gasteiger partial charge in [0.05, 0.1) is 0 Å². The van der Waals surface area contributed by atoms with Crippen LogP contribution in [0.25, 0.3) is 17.0 Å². The summed E-state index contributed by atoms with van der Waals surface area (Å²) in [4.78, 5) is 6.16. The number of hydrogen-bond donors (Lipinski definition) is 2. The molecule has 4 rings (SSSR count). The number of aromatic nitrogens is 1. The summed E-state index contributed by atoms with van der Waals surface area (Å²) < 4.78 is 0. The lowest BCUT2D eigenvalue weighted by Crippen LogP contribution is -2.50. The summed E-state index contributed by atoms with van der Waals surface area (Å²) in [7, 11) is 0. The summed E-state index contributed by atoms with van der Waals surface area (Å²) >= 11 is 0. The molecule has 0 radical (unpaired) electrons. The van der Waals surface area contributed by atoms with Crippen LogP contribution in [0.5, 0.6) is 0 Å². The normalized spacial score (nSPS) is 27.1. The molecule has 23 heavy (non-hydrogen) atoms. The average molecular weight is 310 g/mol. The maximum Gasteiger partial charge on any atom is 0.0471 e. The maximum atomic E-state index is 9.75. The zero-order chi connectivity index (χ0) is 16.0. The largest absolute Gasteiger partial charge is 0.396 e. The molecular weight excluding hydrogens is 284 g/mol. The summed E-state index contributed by atoms with van der Waals surface area (Å²) in [5, 5.41) is 11.2. The standard InChI is InChI=1S/C20H26N2O/c1-3-8-22-11-13(12-23)9-15-14-6-5-7-18-20(14)16(10-19(15)22)17(4-2)21-18/h4-7,13,15,19,21,23H,2-3,8-12H2,1H3/t13-,15-,19-/m1/s1. The number of piperidine rings is 1. The summed E-state index contributed by atoms with van der Waals surface area (Å²) in [6, 6.07) is 7.20. The minimum atomic E-state index is 0.303. The van der Waals surface area contributed by atoms with Crippen molar-refractivity contribution in [2.45, 2.75) is 38.1 Å². The molecule has 3 atom stereocenters. The van der Waals surface area contributed by atoms with E-state index in [9.17, 15) is 5.11 Å². The molecule has 0 spiro atoms. The predicted octanol–water partition coefficient (Wildman–Crippen LogP) is 3.54. The number of aliphatic hydroxyl groups excluding tert-OH is 1. The van der Waals surface area contributed by atoms with Gasteiger partial charge in [0.2, 0.25) is 0 Å². The lowest BCUT2D eigenvalue weighted by Gasteiger charge is -2.47. The van der Waals surface area contributed by atoms with Crippen LogP contribution in [0.1, 0.15) is 42.5 Å². The Morgan fingerprint density at radius 2 is 2.30 bits per heavy atom. The van der Waals surface area contributed by atoms with E-state index < -0.39 is 0 Å². The summed E-state index contributed by atoms with van der Waals surface area (Å²) in [6.07, 6.45) is 5.33. The van der Waals surface area contributed by atoms with Crippen LogP contribution in [0.2, 0.25) is 0 Å². The first-order valence-corrected chi connectivity index (χ1v) is 8.87. The highest BCUT2D eigenvalue weighted by atomic mass is 16.3. The van der Waals surface area contributed by atoms with Crippen molar-refractivity contribution >= 4 is 17.0 Å². The SMILES string of the molecule is C=Cc1[nH]c2cccc3c2c1C[C@@H]1[C@@H]3C[C@@H](CO)CN1CCC. The van der Waals surface area contributed by atoms with Gasteiger partial charge in [0.1, 0.15) is 0 Å². The molecule has 0 bridgehead atoms. The second-order valence-electron chi connectivity index (χ2n) is 7.15. The minimum Gasteiger partial charge on any atom is -0.396 e. The van der Waals surface area contributed by atoms with Crippen molar-refractivity contribution in [1.82, 2.24) is 9.88 Å². The summed E-state index contributed by atoms with van der Waals surface area (Å²) in [5.41, 5.74) is 5.33. The van der Waals surface area contributed by atoms with E-state index in [2.05, 4.69) is 41.6 Å². The van der Waals surface area contributed by atoms with E-state index in [0.29, 0.717) is 24.5 Å². The smallest absolute Gasteiger partial charge is 0.0471 e. The molecule has 0 saturated carbocycles. The van der Waals surface area contributed by atoms with Crippen molar-refractivity contribution < 1.29 is 5.11 Å². The topological polar surface area (TPSA) is 39.3 Å². The molecule has 2 heterocycles. The second-order valence-corrected chi connectivity index (χ2v) is 7.15. The van der Waals surface area contributed by atoms with Crippen LogP contribution in [0, 0.1) is 5.92 Å². The highest BCUT2D eigenvalue weighted by Gasteiger charge is 2.40. The Bertz CT molecular complexity index is 733. The molecule has 1 aliphatic carbocycles. The fraction of sp³-hybridized carbons (Fsp3) is 0.500. The Morgan fingerprint density at radius 3 is 3.04 bits per heavy atom. The molecular formula is C20H26N2O. The highest BCUT2D eigenvalue weighted by molar-refractivity contribution is 5.91. The third kappa shape index (κ3) is 2.26. The van der Waals surface area contributed by atoms with Crippen LogP contribution < -0.4 is 0 Å². The van der Waals surface area contributed by atoms with E-state index in [4.69, 9.17) is 0 Å². The fourth-order valence-corrected chi connectivity index (χ4v) is 4.87. The number of hydrogen-bond acceptors (Lipinski definition) is 2. The number of fused-ring (bicyclic) bond motifs is 2. The van der Waals surface area contributed by atoms with Crippen molar-refractivity contribution in [3.63, 3.8) is 0 Å². The Kier molecular flexibility index (Phi) is 3.78. The molecule has 122 valence electrons. The van der Waals surface area contributed by atoms with Crippen molar-refractivity contribution in [2.75, 3.05) is 19.7 Å².